The molecule has 1 radical (unpaired) electrons. The van der Waals surface area contributed by atoms with E-state index in [2.05, 4.69) is 26.1 Å². The van der Waals surface area contributed by atoms with Crippen LogP contribution in [0.2, 0.25) is 0 Å². The molecule has 1 saturated carbocycles. The Morgan fingerprint density at radius 1 is 1.50 bits per heavy atom. The molecule has 0 aromatic carbocycles. The fourth-order valence-electron chi connectivity index (χ4n) is 2.35. The molecule has 1 heteroatoms. The van der Waals surface area contributed by atoms with Crippen LogP contribution < -0.4 is 5.32 Å². The molecule has 0 bridgehead atoms. The Hall–Kier alpha value is -0.0400. The van der Waals surface area contributed by atoms with Crippen molar-refractivity contribution < 1.29 is 0 Å². The quantitative estimate of drug-likeness (QED) is 0.665. The third-order valence-corrected chi connectivity index (χ3v) is 3.22. The van der Waals surface area contributed by atoms with Crippen LogP contribution in [-0.4, -0.2) is 12.6 Å². The molecule has 0 aromatic rings. The van der Waals surface area contributed by atoms with Crippen LogP contribution >= 0.6 is 0 Å². The van der Waals surface area contributed by atoms with Crippen molar-refractivity contribution in [2.24, 2.45) is 11.8 Å². The van der Waals surface area contributed by atoms with Crippen LogP contribution in [0.3, 0.4) is 0 Å². The van der Waals surface area contributed by atoms with Gasteiger partial charge in [-0.15, -0.1) is 0 Å². The molecule has 0 amide bonds. The fourth-order valence-corrected chi connectivity index (χ4v) is 2.35. The van der Waals surface area contributed by atoms with Crippen LogP contribution in [0, 0.1) is 18.8 Å². The van der Waals surface area contributed by atoms with Crippen LogP contribution in [0.1, 0.15) is 39.5 Å². The molecule has 0 aromatic heterocycles. The van der Waals surface area contributed by atoms with Crippen molar-refractivity contribution in [3.63, 3.8) is 0 Å². The Bertz CT molecular complexity index is 114. The molecule has 71 valence electrons. The van der Waals surface area contributed by atoms with Gasteiger partial charge in [-0.25, -0.2) is 0 Å². The van der Waals surface area contributed by atoms with Gasteiger partial charge >= 0.3 is 0 Å². The van der Waals surface area contributed by atoms with Gasteiger partial charge in [-0.1, -0.05) is 26.7 Å². The second kappa shape index (κ2) is 4.86. The number of hydrogen-bond acceptors (Lipinski definition) is 1. The maximum Gasteiger partial charge on any atom is 0.00695 e. The van der Waals surface area contributed by atoms with Crippen LogP contribution in [0.4, 0.5) is 0 Å². The second-order valence-corrected chi connectivity index (χ2v) is 3.99. The van der Waals surface area contributed by atoms with Crippen LogP contribution in [0.5, 0.6) is 0 Å². The van der Waals surface area contributed by atoms with E-state index in [4.69, 9.17) is 0 Å². The van der Waals surface area contributed by atoms with Crippen molar-refractivity contribution in [1.29, 1.82) is 0 Å². The first-order valence-corrected chi connectivity index (χ1v) is 5.32. The highest BCUT2D eigenvalue weighted by molar-refractivity contribution is 4.87. The SMILES string of the molecule is [CH2]CCC1CCC1C(C)NCC. The normalized spacial score (nSPS) is 31.2. The van der Waals surface area contributed by atoms with Gasteiger partial charge in [0.25, 0.3) is 0 Å². The molecule has 3 atom stereocenters. The van der Waals surface area contributed by atoms with Gasteiger partial charge in [-0.2, -0.15) is 0 Å². The summed E-state index contributed by atoms with van der Waals surface area (Å²) in [5.74, 6) is 1.91. The summed E-state index contributed by atoms with van der Waals surface area (Å²) in [6, 6.07) is 0.722. The molecule has 3 unspecified atom stereocenters. The lowest BCUT2D eigenvalue weighted by Gasteiger charge is -2.41. The molecule has 12 heavy (non-hydrogen) atoms. The van der Waals surface area contributed by atoms with E-state index < -0.39 is 0 Å². The van der Waals surface area contributed by atoms with Crippen molar-refractivity contribution in [2.75, 3.05) is 6.54 Å². The molecule has 0 saturated heterocycles. The minimum absolute atomic E-state index is 0.722. The predicted octanol–water partition coefficient (Wildman–Crippen LogP) is 2.62. The summed E-state index contributed by atoms with van der Waals surface area (Å²) in [7, 11) is 0. The van der Waals surface area contributed by atoms with E-state index >= 15 is 0 Å². The maximum absolute atomic E-state index is 3.93. The molecule has 1 aliphatic carbocycles. The van der Waals surface area contributed by atoms with E-state index in [1.807, 2.05) is 0 Å². The highest BCUT2D eigenvalue weighted by atomic mass is 14.9. The lowest BCUT2D eigenvalue weighted by atomic mass is 9.68. The highest BCUT2D eigenvalue weighted by Crippen LogP contribution is 2.39. The van der Waals surface area contributed by atoms with Gasteiger partial charge in [0.2, 0.25) is 0 Å². The summed E-state index contributed by atoms with van der Waals surface area (Å²) in [6.45, 7) is 9.54. The molecule has 1 fully saturated rings. The molecule has 1 N–H and O–H groups in total. The fraction of sp³-hybridized carbons (Fsp3) is 0.909. The largest absolute Gasteiger partial charge is 0.314 e. The second-order valence-electron chi connectivity index (χ2n) is 3.99. The van der Waals surface area contributed by atoms with Crippen molar-refractivity contribution >= 4 is 0 Å². The van der Waals surface area contributed by atoms with E-state index in [1.165, 1.54) is 19.3 Å². The van der Waals surface area contributed by atoms with Gasteiger partial charge in [0, 0.05) is 6.04 Å². The van der Waals surface area contributed by atoms with Crippen molar-refractivity contribution in [3.05, 3.63) is 6.92 Å². The summed E-state index contributed by atoms with van der Waals surface area (Å²) in [6.07, 6.45) is 5.31. The summed E-state index contributed by atoms with van der Waals surface area (Å²) < 4.78 is 0. The first-order valence-electron chi connectivity index (χ1n) is 5.32. The van der Waals surface area contributed by atoms with Gasteiger partial charge in [0.1, 0.15) is 0 Å². The molecule has 1 nitrogen and oxygen atoms in total. The van der Waals surface area contributed by atoms with Gasteiger partial charge in [-0.3, -0.25) is 0 Å². The Morgan fingerprint density at radius 2 is 2.25 bits per heavy atom. The first-order chi connectivity index (χ1) is 5.79. The molecule has 0 heterocycles. The molecular formula is C11H22N. The number of hydrogen-bond donors (Lipinski definition) is 1. The van der Waals surface area contributed by atoms with Crippen LogP contribution in [0.25, 0.3) is 0 Å². The summed E-state index contributed by atoms with van der Waals surface area (Å²) in [4.78, 5) is 0. The van der Waals surface area contributed by atoms with E-state index in [9.17, 15) is 0 Å². The Labute approximate surface area is 76.9 Å². The number of nitrogens with one attached hydrogen (secondary N) is 1. The van der Waals surface area contributed by atoms with Crippen molar-refractivity contribution in [3.8, 4) is 0 Å². The first kappa shape index (κ1) is 10.0. The third kappa shape index (κ3) is 2.22. The van der Waals surface area contributed by atoms with Crippen LogP contribution in [0.15, 0.2) is 0 Å². The molecule has 0 spiro atoms. The molecular weight excluding hydrogens is 146 g/mol. The van der Waals surface area contributed by atoms with E-state index in [1.54, 1.807) is 0 Å². The highest BCUT2D eigenvalue weighted by Gasteiger charge is 2.33. The summed E-state index contributed by atoms with van der Waals surface area (Å²) in [5.41, 5.74) is 0. The number of rotatable bonds is 5. The van der Waals surface area contributed by atoms with E-state index in [-0.39, 0.29) is 0 Å². The Kier molecular flexibility index (Phi) is 4.07. The van der Waals surface area contributed by atoms with Crippen molar-refractivity contribution in [2.45, 2.75) is 45.6 Å². The van der Waals surface area contributed by atoms with Gasteiger partial charge in [0.15, 0.2) is 0 Å². The zero-order chi connectivity index (χ0) is 8.97. The standard InChI is InChI=1S/C11H22N/c1-4-6-10-7-8-11(10)9(3)12-5-2/h9-12H,1,4-8H2,2-3H3. The average Bonchev–Trinajstić information content (AvgIpc) is 1.98. The topological polar surface area (TPSA) is 12.0 Å². The zero-order valence-electron chi connectivity index (χ0n) is 8.47. The molecule has 1 aliphatic rings. The van der Waals surface area contributed by atoms with E-state index in [0.717, 1.165) is 30.8 Å². The molecule has 0 aliphatic heterocycles. The summed E-state index contributed by atoms with van der Waals surface area (Å²) >= 11 is 0. The minimum atomic E-state index is 0.722. The monoisotopic (exact) mass is 168 g/mol. The van der Waals surface area contributed by atoms with E-state index in [0.29, 0.717) is 0 Å². The smallest absolute Gasteiger partial charge is 0.00695 e. The minimum Gasteiger partial charge on any atom is -0.314 e. The lowest BCUT2D eigenvalue weighted by molar-refractivity contribution is 0.124. The average molecular weight is 168 g/mol. The van der Waals surface area contributed by atoms with Crippen LogP contribution in [-0.2, 0) is 0 Å². The Morgan fingerprint density at radius 3 is 2.67 bits per heavy atom. The Balaban J connectivity index is 2.22. The third-order valence-electron chi connectivity index (χ3n) is 3.22. The van der Waals surface area contributed by atoms with Gasteiger partial charge in [0.05, 0.1) is 0 Å². The summed E-state index contributed by atoms with van der Waals surface area (Å²) in [5, 5.41) is 3.52. The van der Waals surface area contributed by atoms with Crippen molar-refractivity contribution in [1.82, 2.24) is 5.32 Å². The van der Waals surface area contributed by atoms with Gasteiger partial charge < -0.3 is 5.32 Å². The maximum atomic E-state index is 3.93. The zero-order valence-corrected chi connectivity index (χ0v) is 8.47. The lowest BCUT2D eigenvalue weighted by Crippen LogP contribution is -2.42. The van der Waals surface area contributed by atoms with Gasteiger partial charge in [-0.05, 0) is 38.1 Å². The molecule has 1 rings (SSSR count). The predicted molar refractivity (Wildman–Crippen MR) is 53.9 cm³/mol.